The molecular formula is C19H29NO3. The Hall–Kier alpha value is -1.55. The van der Waals surface area contributed by atoms with Crippen LogP contribution in [-0.4, -0.2) is 28.3 Å². The van der Waals surface area contributed by atoms with Gasteiger partial charge in [0.05, 0.1) is 0 Å². The van der Waals surface area contributed by atoms with Gasteiger partial charge in [-0.15, -0.1) is 0 Å². The highest BCUT2D eigenvalue weighted by Gasteiger charge is 2.19. The van der Waals surface area contributed by atoms with E-state index in [9.17, 15) is 4.79 Å². The van der Waals surface area contributed by atoms with Crippen LogP contribution >= 0.6 is 0 Å². The lowest BCUT2D eigenvalue weighted by Gasteiger charge is -2.30. The Morgan fingerprint density at radius 1 is 0.870 bits per heavy atom. The normalized spacial score (nSPS) is 19.7. The summed E-state index contributed by atoms with van der Waals surface area (Å²) in [6.45, 7) is 0. The van der Waals surface area contributed by atoms with E-state index in [1.165, 1.54) is 76.3 Å². The van der Waals surface area contributed by atoms with Gasteiger partial charge in [0.2, 0.25) is 0 Å². The van der Waals surface area contributed by atoms with Crippen molar-refractivity contribution in [1.82, 2.24) is 5.32 Å². The number of benzene rings is 1. The number of hydrogen-bond donors (Lipinski definition) is 3. The smallest absolute Gasteiger partial charge is 0.339 e. The Labute approximate surface area is 138 Å². The summed E-state index contributed by atoms with van der Waals surface area (Å²) in [6, 6.07) is 7.56. The molecule has 2 aliphatic carbocycles. The van der Waals surface area contributed by atoms with E-state index in [1.54, 1.807) is 12.1 Å². The molecular weight excluding hydrogens is 290 g/mol. The molecule has 4 heteroatoms. The molecule has 0 amide bonds. The minimum absolute atomic E-state index is 0.0671. The van der Waals surface area contributed by atoms with Crippen LogP contribution in [0, 0.1) is 0 Å². The van der Waals surface area contributed by atoms with Crippen LogP contribution in [0.2, 0.25) is 0 Å². The molecule has 2 aliphatic rings. The van der Waals surface area contributed by atoms with E-state index in [1.807, 2.05) is 0 Å². The highest BCUT2D eigenvalue weighted by atomic mass is 16.4. The quantitative estimate of drug-likeness (QED) is 0.775. The predicted octanol–water partition coefficient (Wildman–Crippen LogP) is 4.33. The first-order valence-corrected chi connectivity index (χ1v) is 8.94. The predicted molar refractivity (Wildman–Crippen MR) is 91.9 cm³/mol. The van der Waals surface area contributed by atoms with Crippen LogP contribution < -0.4 is 5.32 Å². The molecule has 128 valence electrons. The molecule has 3 rings (SSSR count). The van der Waals surface area contributed by atoms with Gasteiger partial charge in [0.15, 0.2) is 0 Å². The van der Waals surface area contributed by atoms with Crippen LogP contribution in [0.15, 0.2) is 24.3 Å². The maximum Gasteiger partial charge on any atom is 0.339 e. The molecule has 0 radical (unpaired) electrons. The molecule has 0 atom stereocenters. The van der Waals surface area contributed by atoms with Crippen LogP contribution in [-0.2, 0) is 0 Å². The van der Waals surface area contributed by atoms with E-state index in [0.717, 1.165) is 12.1 Å². The van der Waals surface area contributed by atoms with Crippen molar-refractivity contribution in [1.29, 1.82) is 0 Å². The zero-order valence-corrected chi connectivity index (χ0v) is 13.8. The zero-order valence-electron chi connectivity index (χ0n) is 13.8. The maximum absolute atomic E-state index is 10.3. The SMILES string of the molecule is C1CCC(NC2CCCCC2)CC1.O=C(O)c1ccccc1O. The molecule has 4 nitrogen and oxygen atoms in total. The van der Waals surface area contributed by atoms with E-state index in [0.29, 0.717) is 0 Å². The first-order valence-electron chi connectivity index (χ1n) is 8.94. The molecule has 23 heavy (non-hydrogen) atoms. The van der Waals surface area contributed by atoms with E-state index in [-0.39, 0.29) is 11.3 Å². The Morgan fingerprint density at radius 3 is 1.74 bits per heavy atom. The number of carbonyl (C=O) groups is 1. The summed E-state index contributed by atoms with van der Waals surface area (Å²) in [7, 11) is 0. The third-order valence-corrected chi connectivity index (χ3v) is 4.82. The average Bonchev–Trinajstić information content (AvgIpc) is 2.57. The summed E-state index contributed by atoms with van der Waals surface area (Å²) in [6.07, 6.45) is 14.6. The summed E-state index contributed by atoms with van der Waals surface area (Å²) in [5.41, 5.74) is -0.0671. The molecule has 0 saturated heterocycles. The fraction of sp³-hybridized carbons (Fsp3) is 0.632. The van der Waals surface area contributed by atoms with Gasteiger partial charge in [0, 0.05) is 12.1 Å². The van der Waals surface area contributed by atoms with Crippen LogP contribution in [0.1, 0.15) is 74.6 Å². The number of carboxylic acids is 1. The largest absolute Gasteiger partial charge is 0.507 e. The molecule has 0 unspecified atom stereocenters. The standard InChI is InChI=1S/C12H23N.C7H6O3/c1-3-7-11(8-4-1)13-12-9-5-2-6-10-12;8-6-4-2-1-3-5(6)7(9)10/h11-13H,1-10H2;1-4,8H,(H,9,10). The van der Waals surface area contributed by atoms with Crippen molar-refractivity contribution >= 4 is 5.97 Å². The summed E-state index contributed by atoms with van der Waals surface area (Å²) in [4.78, 5) is 10.3. The van der Waals surface area contributed by atoms with Crippen molar-refractivity contribution in [2.75, 3.05) is 0 Å². The monoisotopic (exact) mass is 319 g/mol. The van der Waals surface area contributed by atoms with Gasteiger partial charge in [0.25, 0.3) is 0 Å². The molecule has 1 aromatic rings. The number of hydrogen-bond acceptors (Lipinski definition) is 3. The van der Waals surface area contributed by atoms with E-state index in [2.05, 4.69) is 5.32 Å². The van der Waals surface area contributed by atoms with E-state index >= 15 is 0 Å². The van der Waals surface area contributed by atoms with E-state index in [4.69, 9.17) is 10.2 Å². The number of aromatic carboxylic acids is 1. The summed E-state index contributed by atoms with van der Waals surface area (Å²) < 4.78 is 0. The molecule has 0 heterocycles. The van der Waals surface area contributed by atoms with Gasteiger partial charge >= 0.3 is 5.97 Å². The van der Waals surface area contributed by atoms with Crippen LogP contribution in [0.3, 0.4) is 0 Å². The molecule has 3 N–H and O–H groups in total. The lowest BCUT2D eigenvalue weighted by atomic mass is 9.91. The minimum atomic E-state index is -1.11. The molecule has 0 aliphatic heterocycles. The van der Waals surface area contributed by atoms with Crippen molar-refractivity contribution < 1.29 is 15.0 Å². The molecule has 0 bridgehead atoms. The summed E-state index contributed by atoms with van der Waals surface area (Å²) in [5, 5.41) is 21.2. The highest BCUT2D eigenvalue weighted by molar-refractivity contribution is 5.90. The second kappa shape index (κ2) is 9.56. The third kappa shape index (κ3) is 6.22. The summed E-state index contributed by atoms with van der Waals surface area (Å²) in [5.74, 6) is -1.31. The maximum atomic E-state index is 10.3. The molecule has 0 aromatic heterocycles. The van der Waals surface area contributed by atoms with E-state index < -0.39 is 5.97 Å². The van der Waals surface area contributed by atoms with Gasteiger partial charge in [-0.3, -0.25) is 0 Å². The van der Waals surface area contributed by atoms with Gasteiger partial charge in [-0.25, -0.2) is 4.79 Å². The number of rotatable bonds is 3. The van der Waals surface area contributed by atoms with Crippen molar-refractivity contribution in [2.24, 2.45) is 0 Å². The molecule has 1 aromatic carbocycles. The second-order valence-corrected chi connectivity index (χ2v) is 6.66. The first kappa shape index (κ1) is 17.8. The first-order chi connectivity index (χ1) is 11.2. The number of carboxylic acid groups (broad SMARTS) is 1. The number of aromatic hydroxyl groups is 1. The summed E-state index contributed by atoms with van der Waals surface area (Å²) >= 11 is 0. The van der Waals surface area contributed by atoms with Crippen molar-refractivity contribution in [3.8, 4) is 5.75 Å². The Morgan fingerprint density at radius 2 is 1.35 bits per heavy atom. The van der Waals surface area contributed by atoms with Gasteiger partial charge < -0.3 is 15.5 Å². The van der Waals surface area contributed by atoms with Crippen molar-refractivity contribution in [2.45, 2.75) is 76.3 Å². The Kier molecular flexibility index (Phi) is 7.40. The van der Waals surface area contributed by atoms with Gasteiger partial charge in [0.1, 0.15) is 11.3 Å². The Bertz CT molecular complexity index is 461. The second-order valence-electron chi connectivity index (χ2n) is 6.66. The average molecular weight is 319 g/mol. The number of nitrogens with one attached hydrogen (secondary N) is 1. The number of phenols is 1. The highest BCUT2D eigenvalue weighted by Crippen LogP contribution is 2.22. The van der Waals surface area contributed by atoms with Gasteiger partial charge in [-0.2, -0.15) is 0 Å². The minimum Gasteiger partial charge on any atom is -0.507 e. The fourth-order valence-electron chi connectivity index (χ4n) is 3.53. The number of para-hydroxylation sites is 1. The van der Waals surface area contributed by atoms with Crippen LogP contribution in [0.5, 0.6) is 5.75 Å². The van der Waals surface area contributed by atoms with Crippen LogP contribution in [0.4, 0.5) is 0 Å². The third-order valence-electron chi connectivity index (χ3n) is 4.82. The van der Waals surface area contributed by atoms with Crippen molar-refractivity contribution in [3.05, 3.63) is 29.8 Å². The van der Waals surface area contributed by atoms with Crippen molar-refractivity contribution in [3.63, 3.8) is 0 Å². The van der Waals surface area contributed by atoms with Gasteiger partial charge in [-0.05, 0) is 37.8 Å². The topological polar surface area (TPSA) is 69.6 Å². The molecule has 2 saturated carbocycles. The Balaban J connectivity index is 0.000000174. The lowest BCUT2D eigenvalue weighted by Crippen LogP contribution is -2.40. The fourth-order valence-corrected chi connectivity index (χ4v) is 3.53. The zero-order chi connectivity index (χ0) is 16.5. The lowest BCUT2D eigenvalue weighted by molar-refractivity contribution is 0.0693. The molecule has 0 spiro atoms. The molecule has 2 fully saturated rings. The van der Waals surface area contributed by atoms with Gasteiger partial charge in [-0.1, -0.05) is 50.7 Å². The van der Waals surface area contributed by atoms with Crippen LogP contribution in [0.25, 0.3) is 0 Å².